The number of ether oxygens (including phenoxy) is 11. The molecule has 0 aromatic heterocycles. The third kappa shape index (κ3) is 16.7. The number of fused-ring (bicyclic) bond motifs is 3. The first-order valence-electron chi connectivity index (χ1n) is 16.3. The van der Waals surface area contributed by atoms with Crippen molar-refractivity contribution in [1.29, 1.82) is 0 Å². The zero-order valence-electron chi connectivity index (χ0n) is 31.2. The summed E-state index contributed by atoms with van der Waals surface area (Å²) in [6.07, 6.45) is -2.63. The van der Waals surface area contributed by atoms with Crippen LogP contribution >= 0.6 is 0 Å². The van der Waals surface area contributed by atoms with E-state index in [0.717, 1.165) is 0 Å². The van der Waals surface area contributed by atoms with Gasteiger partial charge in [0.2, 0.25) is 0 Å². The van der Waals surface area contributed by atoms with Crippen molar-refractivity contribution in [3.05, 3.63) is 0 Å². The van der Waals surface area contributed by atoms with E-state index >= 15 is 0 Å². The normalized spacial score (nSPS) is 35.2. The molecule has 0 saturated carbocycles. The molecule has 0 aliphatic carbocycles. The Morgan fingerprint density at radius 2 is 0.840 bits per heavy atom. The van der Waals surface area contributed by atoms with Crippen LogP contribution in [-0.2, 0) is 61.8 Å². The molecule has 20 heteroatoms. The first kappa shape index (κ1) is 51.5. The summed E-state index contributed by atoms with van der Waals surface area (Å²) in [4.78, 5) is 21.4. The van der Waals surface area contributed by atoms with E-state index in [1.807, 2.05) is 20.8 Å². The van der Waals surface area contributed by atoms with Crippen molar-refractivity contribution in [2.45, 2.75) is 108 Å². The zero-order chi connectivity index (χ0) is 35.5. The fraction of sp³-hybridized carbons (Fsp3) is 0.933. The van der Waals surface area contributed by atoms with Crippen LogP contribution in [0.3, 0.4) is 0 Å². The van der Waals surface area contributed by atoms with Crippen LogP contribution in [0.4, 0.5) is 4.79 Å². The predicted octanol–water partition coefficient (Wildman–Crippen LogP) is -7.62. The second kappa shape index (κ2) is 29.7. The summed E-state index contributed by atoms with van der Waals surface area (Å²) < 4.78 is 57.4. The molecule has 0 aromatic carbocycles. The Morgan fingerprint density at radius 3 is 1.14 bits per heavy atom. The molecule has 18 nitrogen and oxygen atoms in total. The summed E-state index contributed by atoms with van der Waals surface area (Å²) in [7, 11) is 0. The summed E-state index contributed by atoms with van der Waals surface area (Å²) in [6, 6.07) is 0. The average Bonchev–Trinajstić information content (AvgIpc) is 3.92. The molecule has 0 radical (unpaired) electrons. The molecule has 0 amide bonds. The number of hydrogen-bond acceptors (Lipinski definition) is 18. The van der Waals surface area contributed by atoms with Crippen LogP contribution in [0, 0.1) is 0 Å². The first-order chi connectivity index (χ1) is 23.2. The molecule has 0 bridgehead atoms. The summed E-state index contributed by atoms with van der Waals surface area (Å²) in [5.41, 5.74) is 0. The van der Waals surface area contributed by atoms with Crippen molar-refractivity contribution in [1.82, 2.24) is 0 Å². The summed E-state index contributed by atoms with van der Waals surface area (Å²) in [5.74, 6) is 0. The molecule has 6 fully saturated rings. The maximum atomic E-state index is 10.2. The summed E-state index contributed by atoms with van der Waals surface area (Å²) >= 11 is 0. The number of rotatable bonds is 9. The SMILES string of the molecule is CCOC(=O)OCC.CCO[C@H]1CO[C@H]2[C@@H]1OC[C@@H]2O.CCO[C@H]1CO[C@H]2[C@@H]1OC[C@@H]2OCC.O=CO[O-].O[C@H]1CO[C@H]2[C@@H]1OC[C@@H]2O.[H-].[K+].[K+]. The van der Waals surface area contributed by atoms with Crippen LogP contribution in [-0.4, -0.2) is 174 Å². The van der Waals surface area contributed by atoms with Crippen LogP contribution in [0.5, 0.6) is 0 Å². The van der Waals surface area contributed by atoms with Gasteiger partial charge in [-0.25, -0.2) is 4.79 Å². The molecule has 12 atom stereocenters. The van der Waals surface area contributed by atoms with Crippen molar-refractivity contribution >= 4 is 12.6 Å². The average molecular weight is 781 g/mol. The van der Waals surface area contributed by atoms with Crippen LogP contribution in [0.2, 0.25) is 0 Å². The Bertz CT molecular complexity index is 843. The second-order valence-electron chi connectivity index (χ2n) is 10.8. The van der Waals surface area contributed by atoms with Gasteiger partial charge in [-0.15, -0.1) is 0 Å². The fourth-order valence-electron chi connectivity index (χ4n) is 5.68. The molecular formula is C30H54K2O18. The van der Waals surface area contributed by atoms with Crippen LogP contribution in [0.25, 0.3) is 0 Å². The fourth-order valence-corrected chi connectivity index (χ4v) is 5.68. The number of aliphatic hydroxyl groups excluding tert-OH is 3. The monoisotopic (exact) mass is 780 g/mol. The van der Waals surface area contributed by atoms with Gasteiger partial charge in [0, 0.05) is 19.8 Å². The van der Waals surface area contributed by atoms with E-state index in [0.29, 0.717) is 59.5 Å². The molecule has 6 aliphatic rings. The van der Waals surface area contributed by atoms with Crippen molar-refractivity contribution in [3.63, 3.8) is 0 Å². The van der Waals surface area contributed by atoms with Gasteiger partial charge in [0.05, 0.1) is 52.9 Å². The van der Waals surface area contributed by atoms with E-state index in [4.69, 9.17) is 62.9 Å². The Balaban J connectivity index is 0. The maximum Gasteiger partial charge on any atom is 1.00 e. The van der Waals surface area contributed by atoms with Gasteiger partial charge in [0.1, 0.15) is 73.2 Å². The van der Waals surface area contributed by atoms with Crippen LogP contribution in [0.15, 0.2) is 0 Å². The first-order valence-corrected chi connectivity index (χ1v) is 16.3. The maximum absolute atomic E-state index is 10.2. The van der Waals surface area contributed by atoms with Gasteiger partial charge in [-0.1, -0.05) is 0 Å². The Kier molecular flexibility index (Phi) is 30.6. The van der Waals surface area contributed by atoms with Crippen molar-refractivity contribution < 1.29 is 191 Å². The summed E-state index contributed by atoms with van der Waals surface area (Å²) in [5, 5.41) is 36.1. The molecule has 0 spiro atoms. The second-order valence-corrected chi connectivity index (χ2v) is 10.8. The molecule has 6 heterocycles. The van der Waals surface area contributed by atoms with E-state index in [9.17, 15) is 9.90 Å². The Hall–Kier alpha value is 1.49. The summed E-state index contributed by atoms with van der Waals surface area (Å²) in [6.45, 7) is 14.8. The molecule has 6 rings (SSSR count). The van der Waals surface area contributed by atoms with Gasteiger partial charge < -0.3 is 79.0 Å². The van der Waals surface area contributed by atoms with Gasteiger partial charge >= 0.3 is 109 Å². The van der Waals surface area contributed by atoms with Gasteiger partial charge in [-0.05, 0) is 34.6 Å². The minimum atomic E-state index is -0.588. The van der Waals surface area contributed by atoms with E-state index in [-0.39, 0.29) is 179 Å². The van der Waals surface area contributed by atoms with Crippen molar-refractivity contribution in [2.24, 2.45) is 0 Å². The largest absolute Gasteiger partial charge is 1.00 e. The number of carbonyl (C=O) groups excluding carboxylic acids is 2. The molecular weight excluding hydrogens is 727 g/mol. The van der Waals surface area contributed by atoms with Crippen LogP contribution < -0.4 is 108 Å². The van der Waals surface area contributed by atoms with Gasteiger partial charge in [0.25, 0.3) is 6.47 Å². The third-order valence-corrected chi connectivity index (χ3v) is 7.65. The van der Waals surface area contributed by atoms with E-state index in [1.54, 1.807) is 13.8 Å². The molecule has 6 saturated heterocycles. The van der Waals surface area contributed by atoms with E-state index in [2.05, 4.69) is 14.4 Å². The molecule has 0 unspecified atom stereocenters. The van der Waals surface area contributed by atoms with Gasteiger partial charge in [0.15, 0.2) is 0 Å². The molecule has 284 valence electrons. The molecule has 6 aliphatic heterocycles. The molecule has 0 aromatic rings. The smallest absolute Gasteiger partial charge is 1.00 e. The number of aliphatic hydroxyl groups is 3. The zero-order valence-corrected chi connectivity index (χ0v) is 36.5. The van der Waals surface area contributed by atoms with Gasteiger partial charge in [-0.2, -0.15) is 0 Å². The van der Waals surface area contributed by atoms with Crippen LogP contribution in [0.1, 0.15) is 36.0 Å². The minimum absolute atomic E-state index is 0. The Labute approximate surface area is 379 Å². The minimum Gasteiger partial charge on any atom is -1.00 e. The quantitative estimate of drug-likeness (QED) is 0.0649. The Morgan fingerprint density at radius 1 is 0.580 bits per heavy atom. The van der Waals surface area contributed by atoms with E-state index < -0.39 is 24.5 Å². The predicted molar refractivity (Wildman–Crippen MR) is 160 cm³/mol. The number of carbonyl (C=O) groups is 2. The number of hydrogen-bond donors (Lipinski definition) is 3. The molecule has 50 heavy (non-hydrogen) atoms. The third-order valence-electron chi connectivity index (χ3n) is 7.65. The molecule has 3 N–H and O–H groups in total. The van der Waals surface area contributed by atoms with Crippen molar-refractivity contribution in [3.8, 4) is 0 Å². The van der Waals surface area contributed by atoms with Crippen molar-refractivity contribution in [2.75, 3.05) is 72.7 Å². The van der Waals surface area contributed by atoms with Gasteiger partial charge in [-0.3, -0.25) is 4.79 Å². The van der Waals surface area contributed by atoms with E-state index in [1.165, 1.54) is 0 Å². The standard InChI is InChI=1S/C10H18O4.C8H14O4.C6H10O4.C5H10O3.CH2O3.2K.H/c1-3-11-7-5-13-10-8(12-4-2)6-14-9(7)10;1-2-10-6-4-12-7-5(9)3-11-8(6)7;7-3-1-9-6-4(8)2-10-5(3)6;1-3-7-5(6)8-4-2;2-1-4-3;;;/h7-10H,3-6H2,1-2H3;5-9H,2-4H2,1H3;3-8H,1-2H2;3-4H2,1-2H3;1,3H;;;/q;;;;;2*+1;-1/p-1/t7-,8-,9+,10+;5-,6-,7+,8+;3-,4-,5+,6+;;;;;/m000...../s1. The topological polar surface area (TPSA) is 229 Å².